The molecule has 176 valence electrons. The van der Waals surface area contributed by atoms with Crippen molar-refractivity contribution in [3.8, 4) is 0 Å². The highest BCUT2D eigenvalue weighted by Crippen LogP contribution is 2.25. The van der Waals surface area contributed by atoms with E-state index in [0.29, 0.717) is 31.5 Å². The number of hydrogen-bond acceptors (Lipinski definition) is 4. The Morgan fingerprint density at radius 1 is 0.853 bits per heavy atom. The van der Waals surface area contributed by atoms with Crippen LogP contribution in [0, 0.1) is 0 Å². The number of halogens is 1. The summed E-state index contributed by atoms with van der Waals surface area (Å²) in [6.07, 6.45) is 1.24. The van der Waals surface area contributed by atoms with Crippen molar-refractivity contribution in [1.82, 2.24) is 10.2 Å². The molecule has 0 unspecified atom stereocenters. The Morgan fingerprint density at radius 2 is 1.50 bits per heavy atom. The fourth-order valence-corrected chi connectivity index (χ4v) is 5.18. The molecule has 0 aliphatic carbocycles. The third kappa shape index (κ3) is 5.58. The maximum Gasteiger partial charge on any atom is 0.261 e. The van der Waals surface area contributed by atoms with Crippen LogP contribution in [-0.2, 0) is 10.0 Å². The molecule has 3 aromatic rings. The van der Waals surface area contributed by atoms with Crippen molar-refractivity contribution < 1.29 is 18.0 Å². The number of piperidine rings is 1. The molecular weight excluding hydrogens is 474 g/mol. The summed E-state index contributed by atoms with van der Waals surface area (Å²) in [4.78, 5) is 27.1. The van der Waals surface area contributed by atoms with Crippen molar-refractivity contribution >= 4 is 39.1 Å². The molecule has 34 heavy (non-hydrogen) atoms. The summed E-state index contributed by atoms with van der Waals surface area (Å²) >= 11 is 6.07. The summed E-state index contributed by atoms with van der Waals surface area (Å²) in [6, 6.07) is 21.4. The minimum atomic E-state index is -3.92. The molecular formula is C25H24ClN3O4S. The lowest BCUT2D eigenvalue weighted by molar-refractivity contribution is 0.0698. The van der Waals surface area contributed by atoms with Gasteiger partial charge in [0.1, 0.15) is 0 Å². The summed E-state index contributed by atoms with van der Waals surface area (Å²) < 4.78 is 28.1. The number of benzene rings is 3. The van der Waals surface area contributed by atoms with Gasteiger partial charge in [-0.1, -0.05) is 48.0 Å². The van der Waals surface area contributed by atoms with Gasteiger partial charge in [0, 0.05) is 30.3 Å². The predicted octanol–water partition coefficient (Wildman–Crippen LogP) is 4.18. The molecule has 3 aromatic carbocycles. The number of amides is 2. The van der Waals surface area contributed by atoms with Crippen LogP contribution < -0.4 is 10.0 Å². The molecule has 1 saturated heterocycles. The summed E-state index contributed by atoms with van der Waals surface area (Å²) in [5, 5.41) is 3.29. The van der Waals surface area contributed by atoms with E-state index >= 15 is 0 Å². The Labute approximate surface area is 203 Å². The SMILES string of the molecule is O=C(NC1CCN(C(=O)c2cccc(S(=O)(=O)Nc3ccccc3Cl)c2)CC1)c1ccccc1. The van der Waals surface area contributed by atoms with Gasteiger partial charge < -0.3 is 10.2 Å². The second-order valence-corrected chi connectivity index (χ2v) is 10.1. The first kappa shape index (κ1) is 23.8. The number of hydrogen-bond donors (Lipinski definition) is 2. The van der Waals surface area contributed by atoms with Gasteiger partial charge in [-0.15, -0.1) is 0 Å². The molecule has 1 aliphatic heterocycles. The first-order chi connectivity index (χ1) is 16.3. The Morgan fingerprint density at radius 3 is 2.21 bits per heavy atom. The van der Waals surface area contributed by atoms with E-state index < -0.39 is 10.0 Å². The Kier molecular flexibility index (Phi) is 7.19. The maximum absolute atomic E-state index is 13.0. The zero-order chi connectivity index (χ0) is 24.1. The molecule has 9 heteroatoms. The smallest absolute Gasteiger partial charge is 0.261 e. The highest BCUT2D eigenvalue weighted by Gasteiger charge is 2.26. The van der Waals surface area contributed by atoms with E-state index in [1.807, 2.05) is 18.2 Å². The third-order valence-corrected chi connectivity index (χ3v) is 7.36. The van der Waals surface area contributed by atoms with Crippen molar-refractivity contribution in [1.29, 1.82) is 0 Å². The molecule has 1 aliphatic rings. The van der Waals surface area contributed by atoms with Gasteiger partial charge in [0.05, 0.1) is 15.6 Å². The average molecular weight is 498 g/mol. The molecule has 0 aromatic heterocycles. The van der Waals surface area contributed by atoms with E-state index in [9.17, 15) is 18.0 Å². The van der Waals surface area contributed by atoms with Crippen LogP contribution in [0.3, 0.4) is 0 Å². The minimum Gasteiger partial charge on any atom is -0.349 e. The average Bonchev–Trinajstić information content (AvgIpc) is 2.86. The van der Waals surface area contributed by atoms with Crippen LogP contribution in [-0.4, -0.2) is 44.3 Å². The fraction of sp³-hybridized carbons (Fsp3) is 0.200. The highest BCUT2D eigenvalue weighted by molar-refractivity contribution is 7.92. The van der Waals surface area contributed by atoms with Gasteiger partial charge in [-0.25, -0.2) is 8.42 Å². The molecule has 4 rings (SSSR count). The van der Waals surface area contributed by atoms with Crippen LogP contribution in [0.1, 0.15) is 33.6 Å². The lowest BCUT2D eigenvalue weighted by atomic mass is 10.0. The van der Waals surface area contributed by atoms with Gasteiger partial charge >= 0.3 is 0 Å². The monoisotopic (exact) mass is 497 g/mol. The topological polar surface area (TPSA) is 95.6 Å². The van der Waals surface area contributed by atoms with Crippen LogP contribution in [0.15, 0.2) is 83.8 Å². The van der Waals surface area contributed by atoms with Crippen molar-refractivity contribution in [2.75, 3.05) is 17.8 Å². The standard InChI is InChI=1S/C25H24ClN3O4S/c26-22-11-4-5-12-23(22)28-34(32,33)21-10-6-9-19(17-21)25(31)29-15-13-20(14-16-29)27-24(30)18-7-2-1-3-8-18/h1-12,17,20,28H,13-16H2,(H,27,30). The molecule has 0 radical (unpaired) electrons. The predicted molar refractivity (Wildman–Crippen MR) is 132 cm³/mol. The van der Waals surface area contributed by atoms with Gasteiger partial charge in [-0.2, -0.15) is 0 Å². The number of anilines is 1. The van der Waals surface area contributed by atoms with E-state index in [1.54, 1.807) is 53.4 Å². The number of rotatable bonds is 6. The second kappa shape index (κ2) is 10.3. The van der Waals surface area contributed by atoms with Crippen molar-refractivity contribution in [2.45, 2.75) is 23.8 Å². The maximum atomic E-state index is 13.0. The number of carbonyl (C=O) groups is 2. The number of nitrogens with zero attached hydrogens (tertiary/aromatic N) is 1. The molecule has 2 N–H and O–H groups in total. The van der Waals surface area contributed by atoms with Gasteiger partial charge in [0.15, 0.2) is 0 Å². The highest BCUT2D eigenvalue weighted by atomic mass is 35.5. The number of carbonyl (C=O) groups excluding carboxylic acids is 2. The summed E-state index contributed by atoms with van der Waals surface area (Å²) in [7, 11) is -3.92. The summed E-state index contributed by atoms with van der Waals surface area (Å²) in [5.74, 6) is -0.378. The van der Waals surface area contributed by atoms with Gasteiger partial charge in [-0.05, 0) is 55.3 Å². The Bertz CT molecular complexity index is 1290. The van der Waals surface area contributed by atoms with E-state index in [1.165, 1.54) is 12.1 Å². The molecule has 0 spiro atoms. The fourth-order valence-electron chi connectivity index (χ4n) is 3.81. The Hall–Kier alpha value is -3.36. The zero-order valence-corrected chi connectivity index (χ0v) is 19.9. The molecule has 0 atom stereocenters. The lowest BCUT2D eigenvalue weighted by Gasteiger charge is -2.32. The zero-order valence-electron chi connectivity index (χ0n) is 18.3. The van der Waals surface area contributed by atoms with Gasteiger partial charge in [0.2, 0.25) is 0 Å². The second-order valence-electron chi connectivity index (χ2n) is 8.02. The number of sulfonamides is 1. The van der Waals surface area contributed by atoms with Crippen molar-refractivity contribution in [2.24, 2.45) is 0 Å². The lowest BCUT2D eigenvalue weighted by Crippen LogP contribution is -2.46. The van der Waals surface area contributed by atoms with Crippen LogP contribution in [0.5, 0.6) is 0 Å². The normalized spacial score (nSPS) is 14.4. The first-order valence-corrected chi connectivity index (χ1v) is 12.7. The molecule has 0 bridgehead atoms. The first-order valence-electron chi connectivity index (χ1n) is 10.9. The van der Waals surface area contributed by atoms with Crippen LogP contribution in [0.2, 0.25) is 5.02 Å². The molecule has 1 fully saturated rings. The van der Waals surface area contributed by atoms with E-state index in [2.05, 4.69) is 10.0 Å². The van der Waals surface area contributed by atoms with E-state index in [-0.39, 0.29) is 39.0 Å². The van der Waals surface area contributed by atoms with Crippen LogP contribution in [0.4, 0.5) is 5.69 Å². The van der Waals surface area contributed by atoms with Crippen LogP contribution in [0.25, 0.3) is 0 Å². The largest absolute Gasteiger partial charge is 0.349 e. The molecule has 1 heterocycles. The van der Waals surface area contributed by atoms with E-state index in [0.717, 1.165) is 0 Å². The molecule has 7 nitrogen and oxygen atoms in total. The summed E-state index contributed by atoms with van der Waals surface area (Å²) in [5.41, 5.74) is 1.15. The van der Waals surface area contributed by atoms with E-state index in [4.69, 9.17) is 11.6 Å². The third-order valence-electron chi connectivity index (χ3n) is 5.66. The van der Waals surface area contributed by atoms with Gasteiger partial charge in [-0.3, -0.25) is 14.3 Å². The number of para-hydroxylation sites is 1. The summed E-state index contributed by atoms with van der Waals surface area (Å²) in [6.45, 7) is 0.931. The number of likely N-dealkylation sites (tertiary alicyclic amines) is 1. The van der Waals surface area contributed by atoms with Crippen LogP contribution >= 0.6 is 11.6 Å². The van der Waals surface area contributed by atoms with Crippen molar-refractivity contribution in [3.63, 3.8) is 0 Å². The number of nitrogens with one attached hydrogen (secondary N) is 2. The molecule has 2 amide bonds. The quantitative estimate of drug-likeness (QED) is 0.534. The van der Waals surface area contributed by atoms with Gasteiger partial charge in [0.25, 0.3) is 21.8 Å². The Balaban J connectivity index is 1.39. The minimum absolute atomic E-state index is 0.0247. The molecule has 0 saturated carbocycles. The van der Waals surface area contributed by atoms with Crippen molar-refractivity contribution in [3.05, 3.63) is 95.0 Å².